The van der Waals surface area contributed by atoms with Crippen molar-refractivity contribution in [3.63, 3.8) is 0 Å². The Kier molecular flexibility index (Phi) is 3.06. The van der Waals surface area contributed by atoms with Crippen LogP contribution in [0.4, 0.5) is 0 Å². The molecule has 1 nitrogen and oxygen atoms in total. The fourth-order valence-electron chi connectivity index (χ4n) is 6.56. The molecule has 6 atom stereocenters. The van der Waals surface area contributed by atoms with Crippen molar-refractivity contribution in [2.24, 2.45) is 29.1 Å². The molecule has 4 aliphatic rings. The van der Waals surface area contributed by atoms with E-state index in [-0.39, 0.29) is 5.41 Å². The number of allylic oxidation sites excluding steroid dienone is 2. The summed E-state index contributed by atoms with van der Waals surface area (Å²) in [6.07, 6.45) is 19.4. The van der Waals surface area contributed by atoms with Gasteiger partial charge in [0.1, 0.15) is 5.60 Å². The molecular weight excluding hydrogens is 256 g/mol. The van der Waals surface area contributed by atoms with Crippen LogP contribution in [0.1, 0.15) is 64.7 Å². The maximum absolute atomic E-state index is 10.9. The molecule has 0 heterocycles. The van der Waals surface area contributed by atoms with Gasteiger partial charge in [0, 0.05) is 5.41 Å². The molecule has 0 spiro atoms. The quantitative estimate of drug-likeness (QED) is 0.519. The molecule has 0 bridgehead atoms. The van der Waals surface area contributed by atoms with Crippen LogP contribution in [0.2, 0.25) is 0 Å². The van der Waals surface area contributed by atoms with E-state index in [1.54, 1.807) is 5.57 Å². The van der Waals surface area contributed by atoms with Crippen molar-refractivity contribution >= 4 is 0 Å². The highest BCUT2D eigenvalue weighted by Crippen LogP contribution is 2.64. The summed E-state index contributed by atoms with van der Waals surface area (Å²) in [6, 6.07) is 0. The smallest absolute Gasteiger partial charge is 0.130 e. The minimum absolute atomic E-state index is 0.0290. The third-order valence-electron chi connectivity index (χ3n) is 7.77. The van der Waals surface area contributed by atoms with E-state index in [9.17, 15) is 5.11 Å². The molecule has 4 aliphatic carbocycles. The zero-order valence-electron chi connectivity index (χ0n) is 13.3. The summed E-state index contributed by atoms with van der Waals surface area (Å²) in [7, 11) is 0. The highest BCUT2D eigenvalue weighted by atomic mass is 16.3. The van der Waals surface area contributed by atoms with E-state index in [2.05, 4.69) is 18.9 Å². The van der Waals surface area contributed by atoms with Crippen molar-refractivity contribution < 1.29 is 5.11 Å². The maximum Gasteiger partial charge on any atom is 0.130 e. The molecule has 0 amide bonds. The van der Waals surface area contributed by atoms with E-state index in [1.807, 2.05) is 0 Å². The van der Waals surface area contributed by atoms with Crippen LogP contribution in [0.5, 0.6) is 0 Å². The van der Waals surface area contributed by atoms with Gasteiger partial charge in [0.2, 0.25) is 0 Å². The zero-order valence-corrected chi connectivity index (χ0v) is 13.3. The molecule has 4 rings (SSSR count). The fourth-order valence-corrected chi connectivity index (χ4v) is 6.56. The Morgan fingerprint density at radius 2 is 2.05 bits per heavy atom. The lowest BCUT2D eigenvalue weighted by Crippen LogP contribution is -2.52. The molecule has 0 radical (unpaired) electrons. The maximum atomic E-state index is 10.9. The first-order valence-electron chi connectivity index (χ1n) is 8.98. The van der Waals surface area contributed by atoms with E-state index in [0.29, 0.717) is 5.92 Å². The normalized spacial score (nSPS) is 52.1. The lowest BCUT2D eigenvalue weighted by atomic mass is 9.50. The predicted octanol–water partition coefficient (Wildman–Crippen LogP) is 4.31. The number of hydrogen-bond donors (Lipinski definition) is 1. The molecule has 0 unspecified atom stereocenters. The van der Waals surface area contributed by atoms with Gasteiger partial charge in [-0.05, 0) is 81.5 Å². The average Bonchev–Trinajstić information content (AvgIpc) is 2.79. The standard InChI is InChI=1S/C20H28O/c1-3-20(21)13-11-18-17-9-8-14-6-4-5-7-15(14)16(17)10-12-19(18,20)2/h1,6,15-18,21H,4-5,7-13H2,2H3/t15-,16-,17+,18+,19+,20-/m0/s1. The minimum Gasteiger partial charge on any atom is -0.377 e. The first-order valence-corrected chi connectivity index (χ1v) is 8.98. The van der Waals surface area contributed by atoms with Crippen molar-refractivity contribution in [1.29, 1.82) is 0 Å². The van der Waals surface area contributed by atoms with E-state index in [0.717, 1.165) is 37.0 Å². The number of rotatable bonds is 0. The number of hydrogen-bond acceptors (Lipinski definition) is 1. The topological polar surface area (TPSA) is 20.2 Å². The Hall–Kier alpha value is -0.740. The number of terminal acetylenes is 1. The Bertz CT molecular complexity index is 512. The first-order chi connectivity index (χ1) is 10.1. The predicted molar refractivity (Wildman–Crippen MR) is 85.5 cm³/mol. The van der Waals surface area contributed by atoms with Crippen LogP contribution < -0.4 is 0 Å². The lowest BCUT2D eigenvalue weighted by Gasteiger charge is -2.54. The van der Waals surface area contributed by atoms with Gasteiger partial charge in [-0.1, -0.05) is 24.5 Å². The molecule has 1 heteroatoms. The van der Waals surface area contributed by atoms with E-state index < -0.39 is 5.60 Å². The SMILES string of the molecule is C#C[C@]1(O)CC[C@@H]2[C@@H]3CCC4=CCCC[C@@H]4[C@@H]3CC[C@]21C. The fraction of sp³-hybridized carbons (Fsp3) is 0.800. The second-order valence-electron chi connectivity index (χ2n) is 8.29. The minimum atomic E-state index is -0.842. The molecule has 0 saturated heterocycles. The van der Waals surface area contributed by atoms with Gasteiger partial charge in [-0.15, -0.1) is 6.42 Å². The van der Waals surface area contributed by atoms with Crippen LogP contribution >= 0.6 is 0 Å². The van der Waals surface area contributed by atoms with Gasteiger partial charge < -0.3 is 5.11 Å². The highest BCUT2D eigenvalue weighted by Gasteiger charge is 2.61. The largest absolute Gasteiger partial charge is 0.377 e. The van der Waals surface area contributed by atoms with E-state index >= 15 is 0 Å². The second kappa shape index (κ2) is 4.63. The second-order valence-corrected chi connectivity index (χ2v) is 8.29. The molecule has 0 aliphatic heterocycles. The van der Waals surface area contributed by atoms with Gasteiger partial charge >= 0.3 is 0 Å². The highest BCUT2D eigenvalue weighted by molar-refractivity contribution is 5.25. The first kappa shape index (κ1) is 13.9. The summed E-state index contributed by atoms with van der Waals surface area (Å²) < 4.78 is 0. The Morgan fingerprint density at radius 3 is 2.86 bits per heavy atom. The van der Waals surface area contributed by atoms with Crippen molar-refractivity contribution in [3.05, 3.63) is 11.6 Å². The van der Waals surface area contributed by atoms with Crippen LogP contribution in [0, 0.1) is 41.4 Å². The molecule has 21 heavy (non-hydrogen) atoms. The van der Waals surface area contributed by atoms with Gasteiger partial charge in [-0.25, -0.2) is 0 Å². The van der Waals surface area contributed by atoms with Gasteiger partial charge in [-0.2, -0.15) is 0 Å². The summed E-state index contributed by atoms with van der Waals surface area (Å²) in [6.45, 7) is 2.28. The van der Waals surface area contributed by atoms with Gasteiger partial charge in [0.15, 0.2) is 0 Å². The third-order valence-corrected chi connectivity index (χ3v) is 7.77. The molecule has 0 aromatic carbocycles. The summed E-state index contributed by atoms with van der Waals surface area (Å²) in [5.74, 6) is 5.98. The van der Waals surface area contributed by atoms with E-state index in [4.69, 9.17) is 6.42 Å². The number of aliphatic hydroxyl groups is 1. The van der Waals surface area contributed by atoms with Crippen LogP contribution in [-0.4, -0.2) is 10.7 Å². The lowest BCUT2D eigenvalue weighted by molar-refractivity contribution is -0.0857. The molecule has 3 fully saturated rings. The zero-order chi connectivity index (χ0) is 14.7. The Morgan fingerprint density at radius 1 is 1.19 bits per heavy atom. The summed E-state index contributed by atoms with van der Waals surface area (Å²) in [4.78, 5) is 0. The Balaban J connectivity index is 1.66. The van der Waals surface area contributed by atoms with Gasteiger partial charge in [0.05, 0.1) is 0 Å². The summed E-state index contributed by atoms with van der Waals surface area (Å²) >= 11 is 0. The molecule has 0 aromatic heterocycles. The van der Waals surface area contributed by atoms with Crippen LogP contribution in [0.3, 0.4) is 0 Å². The molecule has 0 aromatic rings. The third kappa shape index (κ3) is 1.75. The summed E-state index contributed by atoms with van der Waals surface area (Å²) in [5, 5.41) is 10.9. The van der Waals surface area contributed by atoms with Gasteiger partial charge in [-0.3, -0.25) is 0 Å². The van der Waals surface area contributed by atoms with Crippen molar-refractivity contribution in [2.75, 3.05) is 0 Å². The summed E-state index contributed by atoms with van der Waals surface area (Å²) in [5.41, 5.74) is 0.903. The molecule has 1 N–H and O–H groups in total. The Labute approximate surface area is 129 Å². The van der Waals surface area contributed by atoms with Crippen LogP contribution in [0.25, 0.3) is 0 Å². The number of fused-ring (bicyclic) bond motifs is 5. The van der Waals surface area contributed by atoms with E-state index in [1.165, 1.54) is 38.5 Å². The monoisotopic (exact) mass is 284 g/mol. The van der Waals surface area contributed by atoms with Crippen molar-refractivity contribution in [1.82, 2.24) is 0 Å². The van der Waals surface area contributed by atoms with Crippen molar-refractivity contribution in [2.45, 2.75) is 70.3 Å². The molecular formula is C20H28O. The molecule has 3 saturated carbocycles. The van der Waals surface area contributed by atoms with Crippen molar-refractivity contribution in [3.8, 4) is 12.3 Å². The van der Waals surface area contributed by atoms with Crippen LogP contribution in [0.15, 0.2) is 11.6 Å². The van der Waals surface area contributed by atoms with Gasteiger partial charge in [0.25, 0.3) is 0 Å². The molecule has 114 valence electrons. The average molecular weight is 284 g/mol. The van der Waals surface area contributed by atoms with Crippen LogP contribution in [-0.2, 0) is 0 Å².